The van der Waals surface area contributed by atoms with Gasteiger partial charge in [-0.1, -0.05) is 146 Å². The highest BCUT2D eigenvalue weighted by atomic mass is 32.1. The van der Waals surface area contributed by atoms with Gasteiger partial charge in [-0.05, 0) is 97.0 Å². The van der Waals surface area contributed by atoms with Crippen LogP contribution in [0, 0.1) is 0 Å². The maximum atomic E-state index is 2.45. The van der Waals surface area contributed by atoms with Crippen LogP contribution in [0.15, 0.2) is 188 Å². The third-order valence-electron chi connectivity index (χ3n) is 10.0. The zero-order valence-corrected chi connectivity index (χ0v) is 28.1. The smallest absolute Gasteiger partial charge is 0.0555 e. The van der Waals surface area contributed by atoms with Gasteiger partial charge in [0.2, 0.25) is 0 Å². The molecule has 2 heteroatoms. The van der Waals surface area contributed by atoms with Crippen LogP contribution in [0.4, 0.5) is 17.1 Å². The van der Waals surface area contributed by atoms with Gasteiger partial charge >= 0.3 is 0 Å². The molecule has 0 spiro atoms. The first-order valence-electron chi connectivity index (χ1n) is 17.1. The highest BCUT2D eigenvalue weighted by Gasteiger charge is 2.21. The van der Waals surface area contributed by atoms with Gasteiger partial charge in [0.05, 0.1) is 5.69 Å². The van der Waals surface area contributed by atoms with Gasteiger partial charge in [-0.15, -0.1) is 11.3 Å². The number of nitrogens with zero attached hydrogens (tertiary/aromatic N) is 1. The Morgan fingerprint density at radius 2 is 1.00 bits per heavy atom. The van der Waals surface area contributed by atoms with Crippen molar-refractivity contribution in [3.05, 3.63) is 188 Å². The van der Waals surface area contributed by atoms with Crippen LogP contribution >= 0.6 is 11.3 Å². The van der Waals surface area contributed by atoms with Gasteiger partial charge in [-0.2, -0.15) is 0 Å². The van der Waals surface area contributed by atoms with E-state index in [1.165, 1.54) is 80.4 Å². The summed E-state index contributed by atoms with van der Waals surface area (Å²) >= 11 is 1.88. The molecule has 0 N–H and O–H groups in total. The third kappa shape index (κ3) is 4.76. The molecular formula is C48H31NS. The van der Waals surface area contributed by atoms with Crippen molar-refractivity contribution in [1.82, 2.24) is 0 Å². The van der Waals surface area contributed by atoms with Crippen LogP contribution in [0.2, 0.25) is 0 Å². The van der Waals surface area contributed by atoms with Crippen molar-refractivity contribution < 1.29 is 0 Å². The fraction of sp³-hybridized carbons (Fsp3) is 0. The molecule has 0 atom stereocenters. The molecule has 1 aromatic heterocycles. The van der Waals surface area contributed by atoms with Gasteiger partial charge in [0.15, 0.2) is 0 Å². The Morgan fingerprint density at radius 3 is 1.86 bits per heavy atom. The summed E-state index contributed by atoms with van der Waals surface area (Å²) in [6.07, 6.45) is 0. The summed E-state index contributed by atoms with van der Waals surface area (Å²) in [4.78, 5) is 2.45. The topological polar surface area (TPSA) is 3.24 Å². The Balaban J connectivity index is 1.20. The molecule has 10 aromatic rings. The maximum absolute atomic E-state index is 2.45. The number of hydrogen-bond donors (Lipinski definition) is 0. The van der Waals surface area contributed by atoms with Gasteiger partial charge < -0.3 is 4.90 Å². The molecule has 0 saturated carbocycles. The first kappa shape index (κ1) is 28.8. The van der Waals surface area contributed by atoms with E-state index in [-0.39, 0.29) is 0 Å². The van der Waals surface area contributed by atoms with E-state index in [9.17, 15) is 0 Å². The number of rotatable bonds is 5. The molecule has 1 nitrogen and oxygen atoms in total. The van der Waals surface area contributed by atoms with E-state index in [1.807, 2.05) is 11.3 Å². The van der Waals surface area contributed by atoms with Crippen LogP contribution in [0.25, 0.3) is 74.7 Å². The van der Waals surface area contributed by atoms with Crippen LogP contribution in [-0.2, 0) is 0 Å². The molecule has 9 aromatic carbocycles. The molecule has 0 radical (unpaired) electrons. The molecule has 0 fully saturated rings. The minimum atomic E-state index is 1.12. The molecule has 234 valence electrons. The van der Waals surface area contributed by atoms with Crippen LogP contribution in [0.1, 0.15) is 0 Å². The standard InChI is InChI=1S/C48H31NS/c1-2-11-34(12-3-1)43-28-29-45(47-44-16-8-9-17-46(44)50-48(43)47)49(40-26-27-42-38(31-40)21-19-35-13-6-7-15-41(35)42)39-24-22-33(23-25-39)37-20-18-32-10-4-5-14-36(32)30-37/h1-31H. The first-order valence-corrected chi connectivity index (χ1v) is 17.9. The lowest BCUT2D eigenvalue weighted by Crippen LogP contribution is -2.10. The Labute approximate surface area is 294 Å². The molecule has 0 aliphatic rings. The summed E-state index contributed by atoms with van der Waals surface area (Å²) in [5.74, 6) is 0. The second-order valence-electron chi connectivity index (χ2n) is 12.9. The molecule has 0 saturated heterocycles. The lowest BCUT2D eigenvalue weighted by molar-refractivity contribution is 1.31. The molecule has 1 heterocycles. The first-order chi connectivity index (χ1) is 24.8. The summed E-state index contributed by atoms with van der Waals surface area (Å²) in [5.41, 5.74) is 8.36. The van der Waals surface area contributed by atoms with Crippen molar-refractivity contribution in [2.75, 3.05) is 4.90 Å². The van der Waals surface area contributed by atoms with Crippen LogP contribution < -0.4 is 4.90 Å². The van der Waals surface area contributed by atoms with Gasteiger partial charge in [0.25, 0.3) is 0 Å². The Hall–Kier alpha value is -6.22. The quantitative estimate of drug-likeness (QED) is 0.167. The van der Waals surface area contributed by atoms with Gasteiger partial charge in [0, 0.05) is 31.5 Å². The lowest BCUT2D eigenvalue weighted by Gasteiger charge is -2.27. The number of thiophene rings is 1. The number of hydrogen-bond acceptors (Lipinski definition) is 2. The lowest BCUT2D eigenvalue weighted by atomic mass is 9.98. The average molecular weight is 654 g/mol. The van der Waals surface area contributed by atoms with E-state index in [2.05, 4.69) is 193 Å². The monoisotopic (exact) mass is 653 g/mol. The fourth-order valence-electron chi connectivity index (χ4n) is 7.58. The normalized spacial score (nSPS) is 11.6. The highest BCUT2D eigenvalue weighted by molar-refractivity contribution is 7.26. The van der Waals surface area contributed by atoms with E-state index < -0.39 is 0 Å². The van der Waals surface area contributed by atoms with E-state index in [0.29, 0.717) is 0 Å². The van der Waals surface area contributed by atoms with Crippen molar-refractivity contribution in [3.8, 4) is 22.3 Å². The Kier molecular flexibility index (Phi) is 6.75. The molecule has 0 amide bonds. The minimum Gasteiger partial charge on any atom is -0.310 e. The highest BCUT2D eigenvalue weighted by Crippen LogP contribution is 2.48. The second-order valence-corrected chi connectivity index (χ2v) is 14.0. The zero-order valence-electron chi connectivity index (χ0n) is 27.3. The predicted octanol–water partition coefficient (Wildman–Crippen LogP) is 14.3. The minimum absolute atomic E-state index is 1.12. The number of fused-ring (bicyclic) bond motifs is 7. The maximum Gasteiger partial charge on any atom is 0.0555 e. The fourth-order valence-corrected chi connectivity index (χ4v) is 8.84. The molecule has 0 aliphatic carbocycles. The van der Waals surface area contributed by atoms with Crippen molar-refractivity contribution in [2.24, 2.45) is 0 Å². The van der Waals surface area contributed by atoms with E-state index in [4.69, 9.17) is 0 Å². The van der Waals surface area contributed by atoms with E-state index in [0.717, 1.165) is 11.4 Å². The third-order valence-corrected chi connectivity index (χ3v) is 11.2. The summed E-state index contributed by atoms with van der Waals surface area (Å²) in [6, 6.07) is 68.8. The van der Waals surface area contributed by atoms with Crippen molar-refractivity contribution in [1.29, 1.82) is 0 Å². The molecule has 0 unspecified atom stereocenters. The van der Waals surface area contributed by atoms with Crippen molar-refractivity contribution >= 4 is 80.9 Å². The van der Waals surface area contributed by atoms with Gasteiger partial charge in [-0.3, -0.25) is 0 Å². The summed E-state index contributed by atoms with van der Waals surface area (Å²) in [6.45, 7) is 0. The van der Waals surface area contributed by atoms with Crippen LogP contribution in [-0.4, -0.2) is 0 Å². The van der Waals surface area contributed by atoms with E-state index >= 15 is 0 Å². The zero-order chi connectivity index (χ0) is 33.0. The van der Waals surface area contributed by atoms with Crippen molar-refractivity contribution in [2.45, 2.75) is 0 Å². The average Bonchev–Trinajstić information content (AvgIpc) is 3.58. The molecular weight excluding hydrogens is 623 g/mol. The van der Waals surface area contributed by atoms with Crippen molar-refractivity contribution in [3.63, 3.8) is 0 Å². The Morgan fingerprint density at radius 1 is 0.360 bits per heavy atom. The van der Waals surface area contributed by atoms with E-state index in [1.54, 1.807) is 0 Å². The van der Waals surface area contributed by atoms with Crippen LogP contribution in [0.5, 0.6) is 0 Å². The largest absolute Gasteiger partial charge is 0.310 e. The Bertz CT molecular complexity index is 2870. The summed E-state index contributed by atoms with van der Waals surface area (Å²) in [7, 11) is 0. The summed E-state index contributed by atoms with van der Waals surface area (Å²) < 4.78 is 2.60. The molecule has 0 bridgehead atoms. The summed E-state index contributed by atoms with van der Waals surface area (Å²) in [5, 5.41) is 10.1. The van der Waals surface area contributed by atoms with Crippen LogP contribution in [0.3, 0.4) is 0 Å². The predicted molar refractivity (Wildman–Crippen MR) is 217 cm³/mol. The van der Waals surface area contributed by atoms with Gasteiger partial charge in [0.1, 0.15) is 0 Å². The van der Waals surface area contributed by atoms with Gasteiger partial charge in [-0.25, -0.2) is 0 Å². The SMILES string of the molecule is c1ccc(-c2ccc(N(c3ccc(-c4ccc5ccccc5c4)cc3)c3ccc4c(ccc5ccccc54)c3)c3c2sc2ccccc23)cc1. The molecule has 10 rings (SSSR count). The molecule has 50 heavy (non-hydrogen) atoms. The number of benzene rings is 9. The number of anilines is 3. The molecule has 0 aliphatic heterocycles. The second kappa shape index (κ2) is 11.7.